The molecule has 1 fully saturated rings. The van der Waals surface area contributed by atoms with E-state index in [4.69, 9.17) is 4.98 Å². The molecule has 108 valence electrons. The van der Waals surface area contributed by atoms with Crippen LogP contribution in [0.25, 0.3) is 11.0 Å². The third kappa shape index (κ3) is 2.57. The van der Waals surface area contributed by atoms with Crippen LogP contribution in [0.5, 0.6) is 0 Å². The van der Waals surface area contributed by atoms with Crippen molar-refractivity contribution in [1.82, 2.24) is 15.0 Å². The molecule has 3 heterocycles. The van der Waals surface area contributed by atoms with Crippen molar-refractivity contribution in [3.05, 3.63) is 11.8 Å². The van der Waals surface area contributed by atoms with Crippen molar-refractivity contribution in [2.75, 3.05) is 29.9 Å². The molecular formula is C15H23N5. The maximum atomic E-state index is 4.75. The highest BCUT2D eigenvalue weighted by molar-refractivity contribution is 5.89. The summed E-state index contributed by atoms with van der Waals surface area (Å²) in [5, 5.41) is 4.56. The summed E-state index contributed by atoms with van der Waals surface area (Å²) in [5.74, 6) is 2.40. The summed E-state index contributed by atoms with van der Waals surface area (Å²) in [6, 6.07) is 2.12. The summed E-state index contributed by atoms with van der Waals surface area (Å²) >= 11 is 0. The number of anilines is 2. The van der Waals surface area contributed by atoms with Crippen molar-refractivity contribution < 1.29 is 0 Å². The van der Waals surface area contributed by atoms with E-state index in [0.717, 1.165) is 48.1 Å². The largest absolute Gasteiger partial charge is 0.369 e. The molecule has 3 rings (SSSR count). The number of nitrogens with one attached hydrogen (secondary N) is 2. The SMILES string of the molecule is Cc1cc2c(NCC(C)C)nc(N3CCCC3)nc2[nH]1. The number of H-pyrrole nitrogens is 1. The van der Waals surface area contributed by atoms with Crippen LogP contribution in [0.15, 0.2) is 6.07 Å². The lowest BCUT2D eigenvalue weighted by molar-refractivity contribution is 0.687. The van der Waals surface area contributed by atoms with E-state index >= 15 is 0 Å². The van der Waals surface area contributed by atoms with Crippen LogP contribution < -0.4 is 10.2 Å². The first-order chi connectivity index (χ1) is 9.63. The molecule has 2 N–H and O–H groups in total. The van der Waals surface area contributed by atoms with Crippen molar-refractivity contribution >= 4 is 22.8 Å². The van der Waals surface area contributed by atoms with Gasteiger partial charge in [0, 0.05) is 25.3 Å². The van der Waals surface area contributed by atoms with Crippen molar-refractivity contribution in [2.45, 2.75) is 33.6 Å². The van der Waals surface area contributed by atoms with Crippen LogP contribution in [-0.2, 0) is 0 Å². The molecule has 0 spiro atoms. The Hall–Kier alpha value is -1.78. The van der Waals surface area contributed by atoms with Gasteiger partial charge >= 0.3 is 0 Å². The van der Waals surface area contributed by atoms with Crippen LogP contribution in [0.1, 0.15) is 32.4 Å². The van der Waals surface area contributed by atoms with Crippen molar-refractivity contribution in [3.8, 4) is 0 Å². The quantitative estimate of drug-likeness (QED) is 0.899. The Morgan fingerprint density at radius 3 is 2.75 bits per heavy atom. The minimum absolute atomic E-state index is 0.593. The van der Waals surface area contributed by atoms with E-state index < -0.39 is 0 Å². The lowest BCUT2D eigenvalue weighted by atomic mass is 10.2. The van der Waals surface area contributed by atoms with Crippen molar-refractivity contribution in [1.29, 1.82) is 0 Å². The van der Waals surface area contributed by atoms with E-state index in [2.05, 4.69) is 47.0 Å². The van der Waals surface area contributed by atoms with E-state index in [-0.39, 0.29) is 0 Å². The molecule has 0 aliphatic carbocycles. The van der Waals surface area contributed by atoms with E-state index in [1.54, 1.807) is 0 Å². The minimum Gasteiger partial charge on any atom is -0.369 e. The highest BCUT2D eigenvalue weighted by Crippen LogP contribution is 2.26. The Kier molecular flexibility index (Phi) is 3.51. The standard InChI is InChI=1S/C15H23N5/c1-10(2)9-16-13-12-8-11(3)17-14(12)19-15(18-13)20-6-4-5-7-20/h8,10H,4-7,9H2,1-3H3,(H2,16,17,18,19). The number of hydrogen-bond donors (Lipinski definition) is 2. The fourth-order valence-electron chi connectivity index (χ4n) is 2.62. The summed E-state index contributed by atoms with van der Waals surface area (Å²) in [6.45, 7) is 9.52. The molecule has 0 atom stereocenters. The minimum atomic E-state index is 0.593. The molecule has 0 radical (unpaired) electrons. The predicted octanol–water partition coefficient (Wildman–Crippen LogP) is 2.93. The van der Waals surface area contributed by atoms with Crippen molar-refractivity contribution in [3.63, 3.8) is 0 Å². The van der Waals surface area contributed by atoms with Crippen LogP contribution in [-0.4, -0.2) is 34.6 Å². The molecule has 5 nitrogen and oxygen atoms in total. The van der Waals surface area contributed by atoms with Gasteiger partial charge in [-0.05, 0) is 31.7 Å². The molecule has 1 saturated heterocycles. The van der Waals surface area contributed by atoms with Gasteiger partial charge in [-0.25, -0.2) is 0 Å². The fourth-order valence-corrected chi connectivity index (χ4v) is 2.62. The Morgan fingerprint density at radius 2 is 2.05 bits per heavy atom. The van der Waals surface area contributed by atoms with E-state index in [0.29, 0.717) is 5.92 Å². The van der Waals surface area contributed by atoms with Crippen LogP contribution >= 0.6 is 0 Å². The van der Waals surface area contributed by atoms with Gasteiger partial charge < -0.3 is 15.2 Å². The normalized spacial score (nSPS) is 15.5. The zero-order valence-corrected chi connectivity index (χ0v) is 12.5. The number of nitrogens with zero attached hydrogens (tertiary/aromatic N) is 3. The fraction of sp³-hybridized carbons (Fsp3) is 0.600. The molecule has 20 heavy (non-hydrogen) atoms. The zero-order chi connectivity index (χ0) is 14.1. The molecule has 0 bridgehead atoms. The second-order valence-electron chi connectivity index (χ2n) is 6.06. The van der Waals surface area contributed by atoms with Gasteiger partial charge in [0.2, 0.25) is 5.95 Å². The molecule has 5 heteroatoms. The monoisotopic (exact) mass is 273 g/mol. The number of aryl methyl sites for hydroxylation is 1. The second kappa shape index (κ2) is 5.31. The number of aromatic amines is 1. The summed E-state index contributed by atoms with van der Waals surface area (Å²) < 4.78 is 0. The number of aromatic nitrogens is 3. The Labute approximate surface area is 119 Å². The first-order valence-corrected chi connectivity index (χ1v) is 7.49. The lowest BCUT2D eigenvalue weighted by Gasteiger charge is -2.17. The molecule has 0 amide bonds. The number of rotatable bonds is 4. The van der Waals surface area contributed by atoms with Gasteiger partial charge in [-0.1, -0.05) is 13.8 Å². The van der Waals surface area contributed by atoms with Crippen molar-refractivity contribution in [2.24, 2.45) is 5.92 Å². The van der Waals surface area contributed by atoms with E-state index in [1.807, 2.05) is 0 Å². The second-order valence-corrected chi connectivity index (χ2v) is 6.06. The molecule has 1 aliphatic rings. The first-order valence-electron chi connectivity index (χ1n) is 7.49. The lowest BCUT2D eigenvalue weighted by Crippen LogP contribution is -2.21. The number of fused-ring (bicyclic) bond motifs is 1. The highest BCUT2D eigenvalue weighted by Gasteiger charge is 2.18. The Morgan fingerprint density at radius 1 is 1.30 bits per heavy atom. The van der Waals surface area contributed by atoms with Crippen LogP contribution in [0, 0.1) is 12.8 Å². The Bertz CT molecular complexity index is 596. The summed E-state index contributed by atoms with van der Waals surface area (Å²) in [4.78, 5) is 15.0. The molecular weight excluding hydrogens is 250 g/mol. The average molecular weight is 273 g/mol. The van der Waals surface area contributed by atoms with Gasteiger partial charge in [0.15, 0.2) is 0 Å². The van der Waals surface area contributed by atoms with Crippen LogP contribution in [0.2, 0.25) is 0 Å². The maximum absolute atomic E-state index is 4.75. The first kappa shape index (κ1) is 13.2. The summed E-state index contributed by atoms with van der Waals surface area (Å²) in [7, 11) is 0. The molecule has 1 aliphatic heterocycles. The maximum Gasteiger partial charge on any atom is 0.229 e. The smallest absolute Gasteiger partial charge is 0.229 e. The zero-order valence-electron chi connectivity index (χ0n) is 12.5. The van der Waals surface area contributed by atoms with E-state index in [1.165, 1.54) is 12.8 Å². The third-order valence-electron chi connectivity index (χ3n) is 3.68. The topological polar surface area (TPSA) is 56.8 Å². The van der Waals surface area contributed by atoms with Gasteiger partial charge in [-0.3, -0.25) is 0 Å². The van der Waals surface area contributed by atoms with Crippen LogP contribution in [0.3, 0.4) is 0 Å². The van der Waals surface area contributed by atoms with E-state index in [9.17, 15) is 0 Å². The Balaban J connectivity index is 1.99. The molecule has 0 unspecified atom stereocenters. The highest BCUT2D eigenvalue weighted by atomic mass is 15.3. The molecule has 2 aromatic rings. The van der Waals surface area contributed by atoms with Crippen LogP contribution in [0.4, 0.5) is 11.8 Å². The van der Waals surface area contributed by atoms with Gasteiger partial charge in [0.1, 0.15) is 11.5 Å². The van der Waals surface area contributed by atoms with Gasteiger partial charge in [0.25, 0.3) is 0 Å². The third-order valence-corrected chi connectivity index (χ3v) is 3.68. The molecule has 0 aromatic carbocycles. The van der Waals surface area contributed by atoms with Gasteiger partial charge in [-0.15, -0.1) is 0 Å². The average Bonchev–Trinajstić information content (AvgIpc) is 3.02. The summed E-state index contributed by atoms with van der Waals surface area (Å²) in [6.07, 6.45) is 2.47. The molecule has 2 aromatic heterocycles. The molecule has 0 saturated carbocycles. The van der Waals surface area contributed by atoms with Gasteiger partial charge in [0.05, 0.1) is 5.39 Å². The van der Waals surface area contributed by atoms with Gasteiger partial charge in [-0.2, -0.15) is 9.97 Å². The number of hydrogen-bond acceptors (Lipinski definition) is 4. The summed E-state index contributed by atoms with van der Waals surface area (Å²) in [5.41, 5.74) is 2.06. The predicted molar refractivity (Wildman–Crippen MR) is 83.4 cm³/mol.